The first-order chi connectivity index (χ1) is 15.1. The van der Waals surface area contributed by atoms with Gasteiger partial charge in [-0.1, -0.05) is 13.0 Å². The Hall–Kier alpha value is -1.89. The molecule has 0 radical (unpaired) electrons. The van der Waals surface area contributed by atoms with Crippen LogP contribution in [0.15, 0.2) is 28.8 Å². The molecule has 178 valence electrons. The normalized spacial score (nSPS) is 15.7. The van der Waals surface area contributed by atoms with Gasteiger partial charge in [-0.2, -0.15) is 0 Å². The highest BCUT2D eigenvalue weighted by Gasteiger charge is 2.24. The number of ether oxygens (including phenoxy) is 1. The third-order valence-electron chi connectivity index (χ3n) is 5.31. The summed E-state index contributed by atoms with van der Waals surface area (Å²) >= 11 is 1.73. The van der Waals surface area contributed by atoms with Gasteiger partial charge in [0.25, 0.3) is 0 Å². The zero-order valence-corrected chi connectivity index (χ0v) is 22.1. The summed E-state index contributed by atoms with van der Waals surface area (Å²) in [6.07, 6.45) is 4.10. The minimum absolute atomic E-state index is 0. The van der Waals surface area contributed by atoms with Gasteiger partial charge in [0.15, 0.2) is 5.96 Å². The number of carbonyl (C=O) groups excluding carboxylic acids is 1. The molecule has 11 heteroatoms. The van der Waals surface area contributed by atoms with Crippen molar-refractivity contribution in [2.24, 2.45) is 4.99 Å². The number of piperidine rings is 1. The van der Waals surface area contributed by atoms with E-state index >= 15 is 0 Å². The summed E-state index contributed by atoms with van der Waals surface area (Å²) in [5, 5.41) is 17.3. The smallest absolute Gasteiger partial charge is 0.409 e. The van der Waals surface area contributed by atoms with Crippen molar-refractivity contribution in [3.05, 3.63) is 34.5 Å². The molecule has 3 heterocycles. The molecule has 0 spiro atoms. The molecule has 9 nitrogen and oxygen atoms in total. The Balaban J connectivity index is 0.00000363. The topological polar surface area (TPSA) is 96.7 Å². The van der Waals surface area contributed by atoms with Gasteiger partial charge in [0.1, 0.15) is 12.2 Å². The average Bonchev–Trinajstić information content (AvgIpc) is 3.46. The lowest BCUT2D eigenvalue weighted by Crippen LogP contribution is -2.50. The minimum Gasteiger partial charge on any atom is -0.450 e. The van der Waals surface area contributed by atoms with Gasteiger partial charge in [-0.3, -0.25) is 4.99 Å². The minimum atomic E-state index is -0.222. The van der Waals surface area contributed by atoms with Gasteiger partial charge in [-0.15, -0.1) is 45.5 Å². The van der Waals surface area contributed by atoms with Crippen LogP contribution in [0, 0.1) is 0 Å². The van der Waals surface area contributed by atoms with E-state index in [-0.39, 0.29) is 42.2 Å². The number of hydrogen-bond acceptors (Lipinski definition) is 6. The fraction of sp³-hybridized carbons (Fsp3) is 0.619. The summed E-state index contributed by atoms with van der Waals surface area (Å²) in [6.45, 7) is 9.18. The van der Waals surface area contributed by atoms with Crippen LogP contribution in [0.1, 0.15) is 50.4 Å². The average molecular weight is 576 g/mol. The largest absolute Gasteiger partial charge is 0.450 e. The van der Waals surface area contributed by atoms with Crippen LogP contribution in [0.5, 0.6) is 0 Å². The van der Waals surface area contributed by atoms with E-state index in [0.717, 1.165) is 37.6 Å². The van der Waals surface area contributed by atoms with Crippen molar-refractivity contribution >= 4 is 47.4 Å². The highest BCUT2D eigenvalue weighted by atomic mass is 127. The van der Waals surface area contributed by atoms with Crippen LogP contribution < -0.4 is 10.6 Å². The van der Waals surface area contributed by atoms with Crippen molar-refractivity contribution in [1.82, 2.24) is 30.3 Å². The second-order valence-corrected chi connectivity index (χ2v) is 8.49. The first kappa shape index (κ1) is 26.4. The number of hydrogen-bond donors (Lipinski definition) is 2. The lowest BCUT2D eigenvalue weighted by molar-refractivity contribution is 0.0963. The third kappa shape index (κ3) is 7.61. The molecule has 2 aromatic heterocycles. The van der Waals surface area contributed by atoms with E-state index in [2.05, 4.69) is 52.2 Å². The molecule has 1 saturated heterocycles. The molecule has 3 rings (SSSR count). The van der Waals surface area contributed by atoms with Gasteiger partial charge in [0, 0.05) is 37.0 Å². The van der Waals surface area contributed by atoms with E-state index in [9.17, 15) is 4.79 Å². The van der Waals surface area contributed by atoms with Crippen molar-refractivity contribution in [3.8, 4) is 0 Å². The Morgan fingerprint density at radius 3 is 2.81 bits per heavy atom. The number of nitrogens with zero attached hydrogens (tertiary/aromatic N) is 5. The van der Waals surface area contributed by atoms with Gasteiger partial charge in [0.2, 0.25) is 0 Å². The maximum atomic E-state index is 11.9. The van der Waals surface area contributed by atoms with Crippen LogP contribution in [0.2, 0.25) is 0 Å². The number of aliphatic imine (C=N–C) groups is 1. The number of aryl methyl sites for hydroxylation is 1. The fourth-order valence-corrected chi connectivity index (χ4v) is 4.30. The Morgan fingerprint density at radius 2 is 2.16 bits per heavy atom. The third-order valence-corrected chi connectivity index (χ3v) is 6.36. The second-order valence-electron chi connectivity index (χ2n) is 7.51. The molecular formula is C21H34IN7O2S. The number of guanidine groups is 1. The number of carbonyl (C=O) groups is 1. The number of likely N-dealkylation sites (tertiary alicyclic amines) is 1. The first-order valence-corrected chi connectivity index (χ1v) is 11.9. The van der Waals surface area contributed by atoms with Crippen molar-refractivity contribution in [2.45, 2.75) is 58.7 Å². The van der Waals surface area contributed by atoms with E-state index < -0.39 is 0 Å². The Kier molecular flexibility index (Phi) is 11.2. The predicted octanol–water partition coefficient (Wildman–Crippen LogP) is 3.44. The van der Waals surface area contributed by atoms with Crippen LogP contribution in [0.4, 0.5) is 4.79 Å². The van der Waals surface area contributed by atoms with Crippen molar-refractivity contribution < 1.29 is 9.53 Å². The van der Waals surface area contributed by atoms with Crippen molar-refractivity contribution in [2.75, 3.05) is 26.2 Å². The van der Waals surface area contributed by atoms with E-state index in [0.29, 0.717) is 26.2 Å². The maximum Gasteiger partial charge on any atom is 0.409 e. The Labute approximate surface area is 211 Å². The van der Waals surface area contributed by atoms with Crippen LogP contribution >= 0.6 is 35.3 Å². The molecule has 32 heavy (non-hydrogen) atoms. The fourth-order valence-electron chi connectivity index (χ4n) is 3.57. The Morgan fingerprint density at radius 1 is 1.38 bits per heavy atom. The standard InChI is InChI=1S/C21H33N7O2S.HI/c1-4-19-26-23-15-28(19)13-10-22-20(24-16(3)18-7-6-14-31-18)25-17-8-11-27(12-9-17)21(29)30-5-2;/h6-7,14-17H,4-5,8-13H2,1-3H3,(H2,22,24,25);1H. The molecule has 0 bridgehead atoms. The Bertz CT molecular complexity index is 835. The molecule has 2 N–H and O–H groups in total. The van der Waals surface area contributed by atoms with Crippen LogP contribution in [0.3, 0.4) is 0 Å². The number of aromatic nitrogens is 3. The second kappa shape index (κ2) is 13.6. The molecular weight excluding hydrogens is 541 g/mol. The highest BCUT2D eigenvalue weighted by Crippen LogP contribution is 2.18. The van der Waals surface area contributed by atoms with E-state index in [1.807, 2.05) is 11.5 Å². The molecule has 1 aliphatic rings. The summed E-state index contributed by atoms with van der Waals surface area (Å²) < 4.78 is 7.16. The summed E-state index contributed by atoms with van der Waals surface area (Å²) in [7, 11) is 0. The molecule has 1 amide bonds. The number of rotatable bonds is 8. The van der Waals surface area contributed by atoms with E-state index in [4.69, 9.17) is 9.73 Å². The number of halogens is 1. The monoisotopic (exact) mass is 575 g/mol. The molecule has 1 unspecified atom stereocenters. The van der Waals surface area contributed by atoms with Gasteiger partial charge in [-0.05, 0) is 38.1 Å². The zero-order chi connectivity index (χ0) is 22.1. The maximum absolute atomic E-state index is 11.9. The van der Waals surface area contributed by atoms with Crippen LogP contribution in [0.25, 0.3) is 0 Å². The summed E-state index contributed by atoms with van der Waals surface area (Å²) in [4.78, 5) is 19.8. The number of amides is 1. The first-order valence-electron chi connectivity index (χ1n) is 11.0. The lowest BCUT2D eigenvalue weighted by Gasteiger charge is -2.32. The molecule has 1 atom stereocenters. The molecule has 0 aliphatic carbocycles. The molecule has 2 aromatic rings. The number of thiophene rings is 1. The molecule has 1 fully saturated rings. The van der Waals surface area contributed by atoms with E-state index in [1.165, 1.54) is 4.88 Å². The summed E-state index contributed by atoms with van der Waals surface area (Å²) in [5.41, 5.74) is 0. The molecule has 0 saturated carbocycles. The quantitative estimate of drug-likeness (QED) is 0.285. The highest BCUT2D eigenvalue weighted by molar-refractivity contribution is 14.0. The van der Waals surface area contributed by atoms with Gasteiger partial charge in [-0.25, -0.2) is 4.79 Å². The van der Waals surface area contributed by atoms with Crippen LogP contribution in [-0.4, -0.2) is 64.0 Å². The van der Waals surface area contributed by atoms with Gasteiger partial charge < -0.3 is 24.8 Å². The van der Waals surface area contributed by atoms with Crippen LogP contribution in [-0.2, 0) is 17.7 Å². The van der Waals surface area contributed by atoms with Crippen molar-refractivity contribution in [1.29, 1.82) is 0 Å². The zero-order valence-electron chi connectivity index (χ0n) is 19.0. The molecule has 1 aliphatic heterocycles. The van der Waals surface area contributed by atoms with Crippen molar-refractivity contribution in [3.63, 3.8) is 0 Å². The lowest BCUT2D eigenvalue weighted by atomic mass is 10.1. The van der Waals surface area contributed by atoms with Gasteiger partial charge in [0.05, 0.1) is 19.2 Å². The summed E-state index contributed by atoms with van der Waals surface area (Å²) in [6, 6.07) is 4.61. The van der Waals surface area contributed by atoms with E-state index in [1.54, 1.807) is 22.6 Å². The predicted molar refractivity (Wildman–Crippen MR) is 138 cm³/mol. The van der Waals surface area contributed by atoms with Gasteiger partial charge >= 0.3 is 6.09 Å². The molecule has 0 aromatic carbocycles. The number of nitrogens with one attached hydrogen (secondary N) is 2. The summed E-state index contributed by atoms with van der Waals surface area (Å²) in [5.74, 6) is 1.76. The SMILES string of the molecule is CCOC(=O)N1CCC(NC(=NCCn2cnnc2CC)NC(C)c2cccs2)CC1.I.